The van der Waals surface area contributed by atoms with Crippen molar-refractivity contribution in [3.05, 3.63) is 35.4 Å². The molecular formula is C19H29N3. The van der Waals surface area contributed by atoms with Crippen LogP contribution >= 0.6 is 0 Å². The van der Waals surface area contributed by atoms with E-state index >= 15 is 0 Å². The van der Waals surface area contributed by atoms with E-state index in [0.717, 1.165) is 25.6 Å². The maximum atomic E-state index is 9.03. The standard InChI is InChI=1S/C19H29N3/c1-15(2)8-10-21-19-12-18(13-22(14-19)11-9-20)17-6-4-16(3)5-7-17/h4-7,15,18-19,21H,8,10-14H2,1-3H3. The second-order valence-electron chi connectivity index (χ2n) is 7.03. The number of nitrogens with one attached hydrogen (secondary N) is 1. The van der Waals surface area contributed by atoms with Gasteiger partial charge in [-0.15, -0.1) is 0 Å². The predicted octanol–water partition coefficient (Wildman–Crippen LogP) is 3.31. The molecule has 1 aliphatic rings. The first-order valence-corrected chi connectivity index (χ1v) is 8.47. The number of rotatable bonds is 6. The van der Waals surface area contributed by atoms with E-state index < -0.39 is 0 Å². The molecule has 3 heteroatoms. The van der Waals surface area contributed by atoms with Crippen molar-refractivity contribution in [3.8, 4) is 6.07 Å². The summed E-state index contributed by atoms with van der Waals surface area (Å²) in [7, 11) is 0. The molecule has 0 bridgehead atoms. The van der Waals surface area contributed by atoms with Gasteiger partial charge in [-0.05, 0) is 43.7 Å². The van der Waals surface area contributed by atoms with Gasteiger partial charge in [0, 0.05) is 19.1 Å². The molecular weight excluding hydrogens is 270 g/mol. The van der Waals surface area contributed by atoms with Gasteiger partial charge in [0.1, 0.15) is 0 Å². The Hall–Kier alpha value is -1.37. The number of benzene rings is 1. The molecule has 1 fully saturated rings. The molecule has 0 spiro atoms. The molecule has 1 aromatic carbocycles. The summed E-state index contributed by atoms with van der Waals surface area (Å²) in [4.78, 5) is 2.29. The highest BCUT2D eigenvalue weighted by Crippen LogP contribution is 2.27. The Morgan fingerprint density at radius 3 is 2.64 bits per heavy atom. The topological polar surface area (TPSA) is 39.1 Å². The van der Waals surface area contributed by atoms with Gasteiger partial charge >= 0.3 is 0 Å². The summed E-state index contributed by atoms with van der Waals surface area (Å²) in [5, 5.41) is 12.7. The van der Waals surface area contributed by atoms with Gasteiger partial charge in [-0.1, -0.05) is 43.7 Å². The van der Waals surface area contributed by atoms with Crippen LogP contribution in [0.2, 0.25) is 0 Å². The summed E-state index contributed by atoms with van der Waals surface area (Å²) >= 11 is 0. The quantitative estimate of drug-likeness (QED) is 0.819. The van der Waals surface area contributed by atoms with E-state index in [2.05, 4.69) is 61.3 Å². The van der Waals surface area contributed by atoms with Gasteiger partial charge in [0.15, 0.2) is 0 Å². The lowest BCUT2D eigenvalue weighted by Gasteiger charge is -2.37. The molecule has 2 unspecified atom stereocenters. The van der Waals surface area contributed by atoms with Gasteiger partial charge in [-0.2, -0.15) is 5.26 Å². The highest BCUT2D eigenvalue weighted by molar-refractivity contribution is 5.25. The minimum atomic E-state index is 0.493. The van der Waals surface area contributed by atoms with Crippen molar-refractivity contribution in [3.63, 3.8) is 0 Å². The van der Waals surface area contributed by atoms with Crippen LogP contribution in [-0.2, 0) is 0 Å². The van der Waals surface area contributed by atoms with Gasteiger partial charge in [-0.3, -0.25) is 4.90 Å². The van der Waals surface area contributed by atoms with Crippen molar-refractivity contribution in [2.24, 2.45) is 5.92 Å². The lowest BCUT2D eigenvalue weighted by atomic mass is 9.87. The second kappa shape index (κ2) is 8.31. The summed E-state index contributed by atoms with van der Waals surface area (Å²) in [6.45, 7) is 10.3. The molecule has 2 atom stereocenters. The van der Waals surface area contributed by atoms with E-state index in [-0.39, 0.29) is 0 Å². The average Bonchev–Trinajstić information content (AvgIpc) is 2.48. The number of nitrogens with zero attached hydrogens (tertiary/aromatic N) is 2. The molecule has 0 aliphatic carbocycles. The molecule has 0 saturated carbocycles. The summed E-state index contributed by atoms with van der Waals surface area (Å²) in [6, 6.07) is 11.7. The van der Waals surface area contributed by atoms with Crippen LogP contribution in [0.15, 0.2) is 24.3 Å². The molecule has 0 aromatic heterocycles. The largest absolute Gasteiger partial charge is 0.313 e. The molecule has 2 rings (SSSR count). The highest BCUT2D eigenvalue weighted by atomic mass is 15.2. The van der Waals surface area contributed by atoms with Crippen LogP contribution in [0.1, 0.15) is 43.7 Å². The number of piperidine rings is 1. The monoisotopic (exact) mass is 299 g/mol. The van der Waals surface area contributed by atoms with E-state index in [0.29, 0.717) is 18.5 Å². The summed E-state index contributed by atoms with van der Waals surface area (Å²) in [5.41, 5.74) is 2.71. The SMILES string of the molecule is Cc1ccc(C2CC(NCCC(C)C)CN(CC#N)C2)cc1. The molecule has 0 amide bonds. The molecule has 1 aliphatic heterocycles. The van der Waals surface area contributed by atoms with Crippen LogP contribution in [0.5, 0.6) is 0 Å². The fraction of sp³-hybridized carbons (Fsp3) is 0.632. The molecule has 1 saturated heterocycles. The summed E-state index contributed by atoms with van der Waals surface area (Å²) in [5.74, 6) is 1.26. The molecule has 0 radical (unpaired) electrons. The van der Waals surface area contributed by atoms with Crippen LogP contribution in [0, 0.1) is 24.2 Å². The zero-order valence-corrected chi connectivity index (χ0v) is 14.2. The highest BCUT2D eigenvalue weighted by Gasteiger charge is 2.27. The van der Waals surface area contributed by atoms with Crippen LogP contribution < -0.4 is 5.32 Å². The number of likely N-dealkylation sites (tertiary alicyclic amines) is 1. The van der Waals surface area contributed by atoms with Crippen LogP contribution in [-0.4, -0.2) is 37.1 Å². The Bertz CT molecular complexity index is 486. The van der Waals surface area contributed by atoms with E-state index in [1.54, 1.807) is 0 Å². The van der Waals surface area contributed by atoms with E-state index in [1.165, 1.54) is 24.0 Å². The lowest BCUT2D eigenvalue weighted by Crippen LogP contribution is -2.48. The smallest absolute Gasteiger partial charge is 0.0866 e. The Labute approximate surface area is 135 Å². The first-order valence-electron chi connectivity index (χ1n) is 8.47. The summed E-state index contributed by atoms with van der Waals surface area (Å²) in [6.07, 6.45) is 2.38. The van der Waals surface area contributed by atoms with Gasteiger partial charge in [0.25, 0.3) is 0 Å². The number of hydrogen-bond donors (Lipinski definition) is 1. The third-order valence-electron chi connectivity index (χ3n) is 4.52. The van der Waals surface area contributed by atoms with Gasteiger partial charge in [-0.25, -0.2) is 0 Å². The van der Waals surface area contributed by atoms with E-state index in [1.807, 2.05) is 0 Å². The minimum Gasteiger partial charge on any atom is -0.313 e. The molecule has 120 valence electrons. The Kier molecular flexibility index (Phi) is 6.42. The predicted molar refractivity (Wildman–Crippen MR) is 91.8 cm³/mol. The van der Waals surface area contributed by atoms with Crippen LogP contribution in [0.3, 0.4) is 0 Å². The minimum absolute atomic E-state index is 0.493. The molecule has 1 aromatic rings. The third kappa shape index (κ3) is 5.12. The van der Waals surface area contributed by atoms with Crippen LogP contribution in [0.4, 0.5) is 0 Å². The first-order chi connectivity index (χ1) is 10.6. The van der Waals surface area contributed by atoms with Gasteiger partial charge < -0.3 is 5.32 Å². The van der Waals surface area contributed by atoms with Crippen molar-refractivity contribution in [1.82, 2.24) is 10.2 Å². The second-order valence-corrected chi connectivity index (χ2v) is 7.03. The van der Waals surface area contributed by atoms with Crippen molar-refractivity contribution in [2.45, 2.75) is 45.6 Å². The Morgan fingerprint density at radius 1 is 1.27 bits per heavy atom. The normalized spacial score (nSPS) is 22.7. The van der Waals surface area contributed by atoms with Crippen molar-refractivity contribution >= 4 is 0 Å². The Morgan fingerprint density at radius 2 is 2.00 bits per heavy atom. The summed E-state index contributed by atoms with van der Waals surface area (Å²) < 4.78 is 0. The zero-order valence-electron chi connectivity index (χ0n) is 14.2. The fourth-order valence-electron chi connectivity index (χ4n) is 3.22. The van der Waals surface area contributed by atoms with E-state index in [4.69, 9.17) is 5.26 Å². The van der Waals surface area contributed by atoms with Gasteiger partial charge in [0.05, 0.1) is 12.6 Å². The maximum absolute atomic E-state index is 9.03. The van der Waals surface area contributed by atoms with E-state index in [9.17, 15) is 0 Å². The van der Waals surface area contributed by atoms with Crippen molar-refractivity contribution in [1.29, 1.82) is 5.26 Å². The molecule has 1 N–H and O–H groups in total. The molecule has 3 nitrogen and oxygen atoms in total. The average molecular weight is 299 g/mol. The molecule has 1 heterocycles. The number of aryl methyl sites for hydroxylation is 1. The van der Waals surface area contributed by atoms with Gasteiger partial charge in [0.2, 0.25) is 0 Å². The Balaban J connectivity index is 1.99. The first kappa shape index (κ1) is 17.0. The maximum Gasteiger partial charge on any atom is 0.0866 e. The number of nitriles is 1. The number of hydrogen-bond acceptors (Lipinski definition) is 3. The third-order valence-corrected chi connectivity index (χ3v) is 4.52. The van der Waals surface area contributed by atoms with Crippen molar-refractivity contribution < 1.29 is 0 Å². The fourth-order valence-corrected chi connectivity index (χ4v) is 3.22. The van der Waals surface area contributed by atoms with Crippen LogP contribution in [0.25, 0.3) is 0 Å². The van der Waals surface area contributed by atoms with Crippen molar-refractivity contribution in [2.75, 3.05) is 26.2 Å². The molecule has 22 heavy (non-hydrogen) atoms. The lowest BCUT2D eigenvalue weighted by molar-refractivity contribution is 0.187. The zero-order chi connectivity index (χ0) is 15.9.